The second kappa shape index (κ2) is 3.59. The number of H-pyrrole nitrogens is 1. The van der Waals surface area contributed by atoms with E-state index in [-0.39, 0.29) is 5.75 Å². The lowest BCUT2D eigenvalue weighted by Gasteiger charge is -1.95. The van der Waals surface area contributed by atoms with Gasteiger partial charge in [-0.3, -0.25) is 0 Å². The van der Waals surface area contributed by atoms with E-state index in [4.69, 9.17) is 0 Å². The molecule has 0 atom stereocenters. The van der Waals surface area contributed by atoms with Gasteiger partial charge in [0.15, 0.2) is 5.65 Å². The zero-order chi connectivity index (χ0) is 11.8. The van der Waals surface area contributed by atoms with Crippen LogP contribution in [0.3, 0.4) is 0 Å². The second-order valence-corrected chi connectivity index (χ2v) is 4.02. The van der Waals surface area contributed by atoms with Gasteiger partial charge >= 0.3 is 0 Å². The van der Waals surface area contributed by atoms with E-state index < -0.39 is 0 Å². The Balaban J connectivity index is 2.14. The van der Waals surface area contributed by atoms with Gasteiger partial charge in [-0.2, -0.15) is 0 Å². The summed E-state index contributed by atoms with van der Waals surface area (Å²) in [7, 11) is 0. The molecule has 0 aliphatic rings. The van der Waals surface area contributed by atoms with Crippen molar-refractivity contribution in [2.24, 2.45) is 0 Å². The third-order valence-corrected chi connectivity index (χ3v) is 2.61. The van der Waals surface area contributed by atoms with Crippen LogP contribution in [0.15, 0.2) is 36.5 Å². The van der Waals surface area contributed by atoms with Crippen LogP contribution in [0, 0.1) is 6.92 Å². The number of imidazole rings is 1. The molecular weight excluding hydrogens is 214 g/mol. The van der Waals surface area contributed by atoms with Gasteiger partial charge in [-0.05, 0) is 42.8 Å². The van der Waals surface area contributed by atoms with Gasteiger partial charge in [0.2, 0.25) is 0 Å². The highest BCUT2D eigenvalue weighted by Gasteiger charge is 2.05. The predicted molar refractivity (Wildman–Crippen MR) is 65.7 cm³/mol. The zero-order valence-corrected chi connectivity index (χ0v) is 9.31. The minimum atomic E-state index is 0.249. The number of phenols is 1. The molecule has 2 aromatic heterocycles. The van der Waals surface area contributed by atoms with E-state index in [1.54, 1.807) is 18.3 Å². The summed E-state index contributed by atoms with van der Waals surface area (Å²) in [6.45, 7) is 1.99. The largest absolute Gasteiger partial charge is 0.508 e. The lowest BCUT2D eigenvalue weighted by molar-refractivity contribution is 0.475. The molecule has 0 radical (unpaired) electrons. The quantitative estimate of drug-likeness (QED) is 0.669. The van der Waals surface area contributed by atoms with Crippen LogP contribution in [0.25, 0.3) is 22.6 Å². The number of aryl methyl sites for hydroxylation is 1. The van der Waals surface area contributed by atoms with Gasteiger partial charge in [0.1, 0.15) is 11.6 Å². The first-order chi connectivity index (χ1) is 8.22. The van der Waals surface area contributed by atoms with Crippen LogP contribution in [-0.2, 0) is 0 Å². The summed E-state index contributed by atoms with van der Waals surface area (Å²) in [4.78, 5) is 11.9. The molecule has 0 unspecified atom stereocenters. The van der Waals surface area contributed by atoms with Gasteiger partial charge in [-0.15, -0.1) is 0 Å². The molecule has 1 aromatic carbocycles. The van der Waals surface area contributed by atoms with Crippen LogP contribution in [0.5, 0.6) is 5.75 Å². The maximum atomic E-state index is 9.24. The molecular formula is C13H11N3O. The highest BCUT2D eigenvalue weighted by atomic mass is 16.3. The van der Waals surface area contributed by atoms with Crippen molar-refractivity contribution in [2.75, 3.05) is 0 Å². The lowest BCUT2D eigenvalue weighted by Crippen LogP contribution is -1.79. The summed E-state index contributed by atoms with van der Waals surface area (Å²) in [6, 6.07) is 8.93. The molecule has 0 aliphatic carbocycles. The van der Waals surface area contributed by atoms with Crippen molar-refractivity contribution in [3.63, 3.8) is 0 Å². The van der Waals surface area contributed by atoms with E-state index in [0.717, 1.165) is 22.5 Å². The Morgan fingerprint density at radius 3 is 2.71 bits per heavy atom. The number of nitrogens with one attached hydrogen (secondary N) is 1. The molecule has 0 saturated heterocycles. The van der Waals surface area contributed by atoms with Crippen molar-refractivity contribution in [1.82, 2.24) is 15.0 Å². The normalized spacial score (nSPS) is 10.9. The van der Waals surface area contributed by atoms with Gasteiger partial charge in [-0.1, -0.05) is 0 Å². The first kappa shape index (κ1) is 9.84. The molecule has 0 aliphatic heterocycles. The number of phenolic OH excluding ortho intramolecular Hbond substituents is 1. The van der Waals surface area contributed by atoms with Crippen molar-refractivity contribution in [3.8, 4) is 17.1 Å². The van der Waals surface area contributed by atoms with Crippen LogP contribution >= 0.6 is 0 Å². The molecule has 0 fully saturated rings. The van der Waals surface area contributed by atoms with E-state index in [1.807, 2.05) is 25.1 Å². The fourth-order valence-electron chi connectivity index (χ4n) is 1.76. The van der Waals surface area contributed by atoms with Crippen molar-refractivity contribution in [1.29, 1.82) is 0 Å². The van der Waals surface area contributed by atoms with E-state index in [2.05, 4.69) is 15.0 Å². The monoisotopic (exact) mass is 225 g/mol. The first-order valence-corrected chi connectivity index (χ1v) is 5.34. The number of fused-ring (bicyclic) bond motifs is 1. The van der Waals surface area contributed by atoms with Crippen molar-refractivity contribution >= 4 is 11.2 Å². The summed E-state index contributed by atoms with van der Waals surface area (Å²) < 4.78 is 0. The minimum Gasteiger partial charge on any atom is -0.508 e. The number of hydrogen-bond acceptors (Lipinski definition) is 3. The number of hydrogen-bond donors (Lipinski definition) is 2. The van der Waals surface area contributed by atoms with E-state index >= 15 is 0 Å². The molecule has 0 amide bonds. The Morgan fingerprint density at radius 2 is 1.94 bits per heavy atom. The van der Waals surface area contributed by atoms with Crippen molar-refractivity contribution < 1.29 is 5.11 Å². The molecule has 4 nitrogen and oxygen atoms in total. The van der Waals surface area contributed by atoms with Crippen molar-refractivity contribution in [3.05, 3.63) is 42.1 Å². The number of aromatic hydroxyl groups is 1. The molecule has 4 heteroatoms. The van der Waals surface area contributed by atoms with Crippen molar-refractivity contribution in [2.45, 2.75) is 6.92 Å². The maximum absolute atomic E-state index is 9.24. The fourth-order valence-corrected chi connectivity index (χ4v) is 1.76. The van der Waals surface area contributed by atoms with Gasteiger partial charge < -0.3 is 10.1 Å². The average Bonchev–Trinajstić information content (AvgIpc) is 2.72. The van der Waals surface area contributed by atoms with Crippen LogP contribution in [0.2, 0.25) is 0 Å². The SMILES string of the molecule is Cc1cnc2nc(-c3ccc(O)cc3)[nH]c2c1. The van der Waals surface area contributed by atoms with E-state index in [1.165, 1.54) is 0 Å². The highest BCUT2D eigenvalue weighted by Crippen LogP contribution is 2.21. The van der Waals surface area contributed by atoms with E-state index in [9.17, 15) is 5.11 Å². The van der Waals surface area contributed by atoms with Gasteiger partial charge in [0.05, 0.1) is 5.52 Å². The second-order valence-electron chi connectivity index (χ2n) is 4.02. The molecule has 0 saturated carbocycles. The molecule has 17 heavy (non-hydrogen) atoms. The minimum absolute atomic E-state index is 0.249. The third-order valence-electron chi connectivity index (χ3n) is 2.61. The average molecular weight is 225 g/mol. The Kier molecular flexibility index (Phi) is 2.08. The summed E-state index contributed by atoms with van der Waals surface area (Å²) >= 11 is 0. The van der Waals surface area contributed by atoms with Gasteiger partial charge in [-0.25, -0.2) is 9.97 Å². The predicted octanol–water partition coefficient (Wildman–Crippen LogP) is 2.64. The molecule has 2 N–H and O–H groups in total. The molecule has 0 bridgehead atoms. The standard InChI is InChI=1S/C13H11N3O/c1-8-6-11-13(14-7-8)16-12(15-11)9-2-4-10(17)5-3-9/h2-7,17H,1H3,(H,14,15,16). The van der Waals surface area contributed by atoms with Crippen LogP contribution in [0.4, 0.5) is 0 Å². The molecule has 84 valence electrons. The first-order valence-electron chi connectivity index (χ1n) is 5.34. The topological polar surface area (TPSA) is 61.8 Å². The van der Waals surface area contributed by atoms with E-state index in [0.29, 0.717) is 5.65 Å². The number of aromatic amines is 1. The number of rotatable bonds is 1. The zero-order valence-electron chi connectivity index (χ0n) is 9.31. The summed E-state index contributed by atoms with van der Waals surface area (Å²) in [6.07, 6.45) is 1.80. The fraction of sp³-hybridized carbons (Fsp3) is 0.0769. The summed E-state index contributed by atoms with van der Waals surface area (Å²) in [5, 5.41) is 9.24. The Hall–Kier alpha value is -2.36. The summed E-state index contributed by atoms with van der Waals surface area (Å²) in [5.41, 5.74) is 3.66. The number of aromatic nitrogens is 3. The Bertz CT molecular complexity index is 671. The number of benzene rings is 1. The maximum Gasteiger partial charge on any atom is 0.178 e. The van der Waals surface area contributed by atoms with Crippen LogP contribution < -0.4 is 0 Å². The van der Waals surface area contributed by atoms with Gasteiger partial charge in [0.25, 0.3) is 0 Å². The summed E-state index contributed by atoms with van der Waals surface area (Å²) in [5.74, 6) is 1.01. The number of nitrogens with zero attached hydrogens (tertiary/aromatic N) is 2. The molecule has 3 rings (SSSR count). The van der Waals surface area contributed by atoms with Crippen LogP contribution in [-0.4, -0.2) is 20.1 Å². The lowest BCUT2D eigenvalue weighted by atomic mass is 10.2. The molecule has 0 spiro atoms. The molecule has 3 aromatic rings. The number of pyridine rings is 1. The highest BCUT2D eigenvalue weighted by molar-refractivity contribution is 5.76. The smallest absolute Gasteiger partial charge is 0.178 e. The van der Waals surface area contributed by atoms with Crippen LogP contribution in [0.1, 0.15) is 5.56 Å². The third kappa shape index (κ3) is 1.73. The Morgan fingerprint density at radius 1 is 1.18 bits per heavy atom. The molecule has 2 heterocycles. The Labute approximate surface area is 98.0 Å². The van der Waals surface area contributed by atoms with Gasteiger partial charge in [0, 0.05) is 11.8 Å².